The number of aliphatic hydroxyl groups is 1. The van der Waals surface area contributed by atoms with Gasteiger partial charge in [-0.25, -0.2) is 0 Å². The van der Waals surface area contributed by atoms with Gasteiger partial charge in [0, 0.05) is 33.9 Å². The number of benzene rings is 3. The first-order valence-electron chi connectivity index (χ1n) is 12.1. The molecule has 174 valence electrons. The molecule has 5 heteroatoms. The van der Waals surface area contributed by atoms with Crippen molar-refractivity contribution in [2.75, 3.05) is 4.90 Å². The largest absolute Gasteiger partial charge is 0.507 e. The number of Topliss-reactive ketones (excluding diaryl/α,β-unsaturated/α-hetero) is 1. The zero-order valence-electron chi connectivity index (χ0n) is 19.5. The molecule has 1 aliphatic carbocycles. The van der Waals surface area contributed by atoms with E-state index >= 15 is 0 Å². The Hall–Kier alpha value is -4.12. The first-order chi connectivity index (χ1) is 17.0. The van der Waals surface area contributed by atoms with Gasteiger partial charge in [-0.1, -0.05) is 48.5 Å². The molecule has 1 aromatic heterocycles. The summed E-state index contributed by atoms with van der Waals surface area (Å²) in [6, 6.07) is 20.5. The summed E-state index contributed by atoms with van der Waals surface area (Å²) < 4.78 is 0. The van der Waals surface area contributed by atoms with E-state index in [1.165, 1.54) is 22.4 Å². The Morgan fingerprint density at radius 1 is 0.943 bits per heavy atom. The van der Waals surface area contributed by atoms with E-state index in [9.17, 15) is 14.7 Å². The summed E-state index contributed by atoms with van der Waals surface area (Å²) in [5.74, 6) is -1.42. The van der Waals surface area contributed by atoms with Gasteiger partial charge >= 0.3 is 0 Å². The number of hydrogen-bond donors (Lipinski definition) is 2. The fourth-order valence-electron chi connectivity index (χ4n) is 5.57. The molecule has 0 radical (unpaired) electrons. The maximum absolute atomic E-state index is 13.5. The van der Waals surface area contributed by atoms with Crippen LogP contribution in [-0.4, -0.2) is 21.8 Å². The minimum Gasteiger partial charge on any atom is -0.507 e. The third kappa shape index (κ3) is 3.38. The van der Waals surface area contributed by atoms with E-state index in [4.69, 9.17) is 0 Å². The first kappa shape index (κ1) is 21.4. The van der Waals surface area contributed by atoms with Gasteiger partial charge in [0.1, 0.15) is 5.76 Å². The van der Waals surface area contributed by atoms with Crippen LogP contribution in [0.4, 0.5) is 5.69 Å². The summed E-state index contributed by atoms with van der Waals surface area (Å²) in [4.78, 5) is 31.8. The van der Waals surface area contributed by atoms with E-state index in [2.05, 4.69) is 4.98 Å². The number of hydrogen-bond acceptors (Lipinski definition) is 3. The topological polar surface area (TPSA) is 73.4 Å². The standard InChI is InChI=1S/C30H26N2O3/c1-18-8-2-7-13-25(18)32-27(23-17-31-24-12-6-5-11-22(23)24)26(29(34)30(32)35)28(33)21-15-14-19-9-3-4-10-20(19)16-21/h2,5-8,11-17,27,31,33H,3-4,9-10H2,1H3/b28-26+. The number of aryl methyl sites for hydroxylation is 3. The molecule has 4 aromatic rings. The molecular formula is C30H26N2O3. The average Bonchev–Trinajstić information content (AvgIpc) is 3.42. The molecule has 1 amide bonds. The summed E-state index contributed by atoms with van der Waals surface area (Å²) in [7, 11) is 0. The van der Waals surface area contributed by atoms with Crippen molar-refractivity contribution in [2.45, 2.75) is 38.6 Å². The number of fused-ring (bicyclic) bond motifs is 2. The minimum atomic E-state index is -0.747. The quantitative estimate of drug-likeness (QED) is 0.223. The molecule has 1 unspecified atom stereocenters. The lowest BCUT2D eigenvalue weighted by atomic mass is 9.88. The molecule has 1 aliphatic heterocycles. The fraction of sp³-hybridized carbons (Fsp3) is 0.200. The Kier molecular flexibility index (Phi) is 5.06. The number of carbonyl (C=O) groups is 2. The first-order valence-corrected chi connectivity index (χ1v) is 12.1. The van der Waals surface area contributed by atoms with E-state index in [0.717, 1.165) is 41.3 Å². The van der Waals surface area contributed by atoms with E-state index in [1.54, 1.807) is 0 Å². The van der Waals surface area contributed by atoms with Crippen LogP contribution in [-0.2, 0) is 22.4 Å². The van der Waals surface area contributed by atoms with Crippen LogP contribution in [0, 0.1) is 6.92 Å². The molecule has 35 heavy (non-hydrogen) atoms. The number of aliphatic hydroxyl groups excluding tert-OH is 1. The molecule has 2 aliphatic rings. The molecule has 0 saturated carbocycles. The molecule has 5 nitrogen and oxygen atoms in total. The molecule has 1 atom stereocenters. The van der Waals surface area contributed by atoms with Crippen LogP contribution < -0.4 is 4.90 Å². The number of ketones is 1. The Balaban J connectivity index is 1.59. The van der Waals surface area contributed by atoms with Crippen LogP contribution >= 0.6 is 0 Å². The number of aromatic amines is 1. The molecule has 0 bridgehead atoms. The highest BCUT2D eigenvalue weighted by Gasteiger charge is 2.48. The second-order valence-electron chi connectivity index (χ2n) is 9.44. The smallest absolute Gasteiger partial charge is 0.300 e. The number of carbonyl (C=O) groups excluding carboxylic acids is 2. The average molecular weight is 463 g/mol. The van der Waals surface area contributed by atoms with Crippen molar-refractivity contribution in [1.82, 2.24) is 4.98 Å². The van der Waals surface area contributed by atoms with Gasteiger partial charge in [-0.2, -0.15) is 0 Å². The number of rotatable bonds is 3. The Labute approximate surface area is 203 Å². The lowest BCUT2D eigenvalue weighted by molar-refractivity contribution is -0.132. The predicted octanol–water partition coefficient (Wildman–Crippen LogP) is 5.98. The van der Waals surface area contributed by atoms with Crippen molar-refractivity contribution >= 4 is 34.0 Å². The molecule has 1 fully saturated rings. The number of H-pyrrole nitrogens is 1. The fourth-order valence-corrected chi connectivity index (χ4v) is 5.57. The number of aromatic nitrogens is 1. The van der Waals surface area contributed by atoms with Crippen LogP contribution in [0.15, 0.2) is 78.5 Å². The van der Waals surface area contributed by atoms with E-state index in [1.807, 2.05) is 79.9 Å². The van der Waals surface area contributed by atoms with Gasteiger partial charge in [0.05, 0.1) is 11.6 Å². The van der Waals surface area contributed by atoms with Crippen molar-refractivity contribution in [3.05, 3.63) is 106 Å². The zero-order chi connectivity index (χ0) is 24.1. The molecule has 2 N–H and O–H groups in total. The highest BCUT2D eigenvalue weighted by molar-refractivity contribution is 6.52. The SMILES string of the molecule is Cc1ccccc1N1C(=O)C(=O)/C(=C(/O)c2ccc3c(c2)CCCC3)C1c1c[nH]c2ccccc12. The third-order valence-corrected chi connectivity index (χ3v) is 7.36. The molecule has 0 spiro atoms. The van der Waals surface area contributed by atoms with Crippen molar-refractivity contribution in [3.8, 4) is 0 Å². The zero-order valence-corrected chi connectivity index (χ0v) is 19.5. The van der Waals surface area contributed by atoms with E-state index < -0.39 is 17.7 Å². The maximum atomic E-state index is 13.5. The maximum Gasteiger partial charge on any atom is 0.300 e. The summed E-state index contributed by atoms with van der Waals surface area (Å²) >= 11 is 0. The molecule has 3 aromatic carbocycles. The summed E-state index contributed by atoms with van der Waals surface area (Å²) in [6.45, 7) is 1.92. The molecule has 1 saturated heterocycles. The highest BCUT2D eigenvalue weighted by atomic mass is 16.3. The Morgan fingerprint density at radius 2 is 1.69 bits per heavy atom. The van der Waals surface area contributed by atoms with Crippen LogP contribution in [0.25, 0.3) is 16.7 Å². The van der Waals surface area contributed by atoms with Crippen molar-refractivity contribution in [1.29, 1.82) is 0 Å². The van der Waals surface area contributed by atoms with Gasteiger partial charge in [0.25, 0.3) is 11.7 Å². The van der Waals surface area contributed by atoms with Crippen LogP contribution in [0.1, 0.15) is 46.7 Å². The number of para-hydroxylation sites is 2. The second kappa shape index (κ2) is 8.27. The lowest BCUT2D eigenvalue weighted by Gasteiger charge is -2.26. The number of nitrogens with zero attached hydrogens (tertiary/aromatic N) is 1. The van der Waals surface area contributed by atoms with Gasteiger partial charge < -0.3 is 10.1 Å². The summed E-state index contributed by atoms with van der Waals surface area (Å²) in [5.41, 5.74) is 6.44. The molecule has 2 heterocycles. The predicted molar refractivity (Wildman–Crippen MR) is 137 cm³/mol. The monoisotopic (exact) mass is 462 g/mol. The van der Waals surface area contributed by atoms with Crippen molar-refractivity contribution in [3.63, 3.8) is 0 Å². The number of anilines is 1. The van der Waals surface area contributed by atoms with Crippen LogP contribution in [0.5, 0.6) is 0 Å². The van der Waals surface area contributed by atoms with Gasteiger partial charge in [-0.05, 0) is 67.5 Å². The lowest BCUT2D eigenvalue weighted by Crippen LogP contribution is -2.30. The normalized spacial score (nSPS) is 19.3. The second-order valence-corrected chi connectivity index (χ2v) is 9.44. The summed E-state index contributed by atoms with van der Waals surface area (Å²) in [5, 5.41) is 12.5. The third-order valence-electron chi connectivity index (χ3n) is 7.36. The molecular weight excluding hydrogens is 436 g/mol. The number of amides is 1. The van der Waals surface area contributed by atoms with E-state index in [-0.39, 0.29) is 11.3 Å². The highest BCUT2D eigenvalue weighted by Crippen LogP contribution is 2.45. The van der Waals surface area contributed by atoms with E-state index in [0.29, 0.717) is 11.3 Å². The summed E-state index contributed by atoms with van der Waals surface area (Å²) in [6.07, 6.45) is 6.11. The van der Waals surface area contributed by atoms with Gasteiger partial charge in [0.2, 0.25) is 0 Å². The van der Waals surface area contributed by atoms with Gasteiger partial charge in [0.15, 0.2) is 0 Å². The van der Waals surface area contributed by atoms with Crippen molar-refractivity contribution < 1.29 is 14.7 Å². The Morgan fingerprint density at radius 3 is 2.51 bits per heavy atom. The Bertz CT molecular complexity index is 1530. The van der Waals surface area contributed by atoms with Crippen LogP contribution in [0.3, 0.4) is 0 Å². The van der Waals surface area contributed by atoms with Crippen LogP contribution in [0.2, 0.25) is 0 Å². The molecule has 6 rings (SSSR count). The van der Waals surface area contributed by atoms with Gasteiger partial charge in [-0.3, -0.25) is 14.5 Å². The van der Waals surface area contributed by atoms with Gasteiger partial charge in [-0.15, -0.1) is 0 Å². The van der Waals surface area contributed by atoms with Crippen molar-refractivity contribution in [2.24, 2.45) is 0 Å². The minimum absolute atomic E-state index is 0.122. The number of nitrogens with one attached hydrogen (secondary N) is 1.